The molecule has 0 radical (unpaired) electrons. The van der Waals surface area contributed by atoms with Gasteiger partial charge in [-0.3, -0.25) is 4.99 Å². The summed E-state index contributed by atoms with van der Waals surface area (Å²) in [7, 11) is -2.83. The van der Waals surface area contributed by atoms with Crippen molar-refractivity contribution in [3.05, 3.63) is 0 Å². The van der Waals surface area contributed by atoms with Gasteiger partial charge in [0.05, 0.1) is 18.1 Å². The van der Waals surface area contributed by atoms with Crippen molar-refractivity contribution in [1.82, 2.24) is 10.6 Å². The quantitative estimate of drug-likeness (QED) is 0.306. The zero-order chi connectivity index (χ0) is 14.3. The highest BCUT2D eigenvalue weighted by atomic mass is 127. The van der Waals surface area contributed by atoms with E-state index in [0.29, 0.717) is 37.3 Å². The molecule has 0 aliphatic carbocycles. The molecule has 0 saturated carbocycles. The van der Waals surface area contributed by atoms with Crippen LogP contribution in [0.4, 0.5) is 0 Å². The second kappa shape index (κ2) is 9.45. The predicted octanol–water partition coefficient (Wildman–Crippen LogP) is 1.01. The fraction of sp³-hybridized carbons (Fsp3) is 0.769. The van der Waals surface area contributed by atoms with Crippen LogP contribution in [-0.2, 0) is 9.84 Å². The standard InChI is InChI=1S/C13H23N3O2S.HI/c1-4-7-14-13(16-11(3)5-2)15-9-12-6-8-19(17,18)10-12;/h1,11-12H,5-10H2,2-3H3,(H2,14,15,16);1H. The van der Waals surface area contributed by atoms with E-state index in [1.807, 2.05) is 0 Å². The normalized spacial score (nSPS) is 22.4. The van der Waals surface area contributed by atoms with E-state index in [1.165, 1.54) is 0 Å². The van der Waals surface area contributed by atoms with E-state index in [4.69, 9.17) is 6.42 Å². The SMILES string of the molecule is C#CCNC(=NCC1CCS(=O)(=O)C1)NC(C)CC.I. The topological polar surface area (TPSA) is 70.6 Å². The van der Waals surface area contributed by atoms with Crippen molar-refractivity contribution in [2.24, 2.45) is 10.9 Å². The van der Waals surface area contributed by atoms with Gasteiger partial charge in [0.25, 0.3) is 0 Å². The van der Waals surface area contributed by atoms with E-state index < -0.39 is 9.84 Å². The third-order valence-corrected chi connectivity index (χ3v) is 5.02. The van der Waals surface area contributed by atoms with Gasteiger partial charge >= 0.3 is 0 Å². The van der Waals surface area contributed by atoms with Crippen LogP contribution in [0.15, 0.2) is 4.99 Å². The average Bonchev–Trinajstić information content (AvgIpc) is 2.72. The van der Waals surface area contributed by atoms with Crippen LogP contribution in [0, 0.1) is 18.3 Å². The molecule has 2 N–H and O–H groups in total. The minimum Gasteiger partial charge on any atom is -0.354 e. The third-order valence-electron chi connectivity index (χ3n) is 3.19. The van der Waals surface area contributed by atoms with Gasteiger partial charge < -0.3 is 10.6 Å². The van der Waals surface area contributed by atoms with Crippen molar-refractivity contribution in [3.63, 3.8) is 0 Å². The Morgan fingerprint density at radius 3 is 2.75 bits per heavy atom. The van der Waals surface area contributed by atoms with Gasteiger partial charge in [-0.25, -0.2) is 8.42 Å². The van der Waals surface area contributed by atoms with Crippen molar-refractivity contribution in [3.8, 4) is 12.3 Å². The Bertz CT molecular complexity index is 457. The van der Waals surface area contributed by atoms with Crippen molar-refractivity contribution >= 4 is 39.8 Å². The first-order valence-corrected chi connectivity index (χ1v) is 8.47. The summed E-state index contributed by atoms with van der Waals surface area (Å²) in [6, 6.07) is 0.302. The summed E-state index contributed by atoms with van der Waals surface area (Å²) >= 11 is 0. The van der Waals surface area contributed by atoms with Crippen molar-refractivity contribution in [2.75, 3.05) is 24.6 Å². The van der Waals surface area contributed by atoms with Crippen LogP contribution in [0.5, 0.6) is 0 Å². The largest absolute Gasteiger partial charge is 0.354 e. The molecule has 2 atom stereocenters. The van der Waals surface area contributed by atoms with Gasteiger partial charge in [0.1, 0.15) is 0 Å². The van der Waals surface area contributed by atoms with Gasteiger partial charge in [-0.1, -0.05) is 12.8 Å². The lowest BCUT2D eigenvalue weighted by Crippen LogP contribution is -2.42. The molecule has 7 heteroatoms. The van der Waals surface area contributed by atoms with Crippen LogP contribution in [0.2, 0.25) is 0 Å². The molecule has 0 spiro atoms. The zero-order valence-electron chi connectivity index (χ0n) is 12.1. The average molecular weight is 413 g/mol. The number of terminal acetylenes is 1. The molecule has 0 bridgehead atoms. The van der Waals surface area contributed by atoms with E-state index >= 15 is 0 Å². The second-order valence-electron chi connectivity index (χ2n) is 4.97. The molecule has 0 amide bonds. The summed E-state index contributed by atoms with van der Waals surface area (Å²) < 4.78 is 22.8. The molecule has 116 valence electrons. The number of aliphatic imine (C=N–C) groups is 1. The molecule has 0 aromatic rings. The number of nitrogens with zero attached hydrogens (tertiary/aromatic N) is 1. The van der Waals surface area contributed by atoms with Crippen molar-refractivity contribution in [2.45, 2.75) is 32.7 Å². The second-order valence-corrected chi connectivity index (χ2v) is 7.20. The van der Waals surface area contributed by atoms with Gasteiger partial charge in [-0.2, -0.15) is 0 Å². The van der Waals surface area contributed by atoms with Crippen LogP contribution in [0.25, 0.3) is 0 Å². The minimum absolute atomic E-state index is 0. The fourth-order valence-corrected chi connectivity index (χ4v) is 3.71. The highest BCUT2D eigenvalue weighted by Crippen LogP contribution is 2.18. The third kappa shape index (κ3) is 7.33. The first-order chi connectivity index (χ1) is 8.96. The van der Waals surface area contributed by atoms with E-state index in [2.05, 4.69) is 35.4 Å². The Morgan fingerprint density at radius 1 is 1.55 bits per heavy atom. The Labute approximate surface area is 139 Å². The first-order valence-electron chi connectivity index (χ1n) is 6.65. The maximum atomic E-state index is 11.4. The molecule has 20 heavy (non-hydrogen) atoms. The van der Waals surface area contributed by atoms with Crippen LogP contribution < -0.4 is 10.6 Å². The maximum absolute atomic E-state index is 11.4. The first kappa shape index (κ1) is 19.5. The minimum atomic E-state index is -2.83. The Morgan fingerprint density at radius 2 is 2.25 bits per heavy atom. The molecule has 1 aliphatic heterocycles. The van der Waals surface area contributed by atoms with Crippen LogP contribution in [0.3, 0.4) is 0 Å². The molecule has 1 aliphatic rings. The van der Waals surface area contributed by atoms with Crippen LogP contribution in [-0.4, -0.2) is 45.0 Å². The summed E-state index contributed by atoms with van der Waals surface area (Å²) in [6.45, 7) is 5.08. The molecule has 1 rings (SSSR count). The Kier molecular flexibility index (Phi) is 9.22. The molecule has 5 nitrogen and oxygen atoms in total. The van der Waals surface area contributed by atoms with E-state index in [1.54, 1.807) is 0 Å². The molecular weight excluding hydrogens is 389 g/mol. The summed E-state index contributed by atoms with van der Waals surface area (Å²) in [4.78, 5) is 4.43. The summed E-state index contributed by atoms with van der Waals surface area (Å²) in [6.07, 6.45) is 6.91. The van der Waals surface area contributed by atoms with Gasteiger partial charge in [0.2, 0.25) is 0 Å². The number of guanidine groups is 1. The Balaban J connectivity index is 0.00000361. The molecule has 2 unspecified atom stereocenters. The van der Waals surface area contributed by atoms with Gasteiger partial charge in [-0.15, -0.1) is 30.4 Å². The molecule has 0 aromatic heterocycles. The van der Waals surface area contributed by atoms with Crippen molar-refractivity contribution in [1.29, 1.82) is 0 Å². The molecule has 0 aromatic carbocycles. The highest BCUT2D eigenvalue weighted by Gasteiger charge is 2.27. The number of halogens is 1. The number of rotatable bonds is 5. The van der Waals surface area contributed by atoms with E-state index in [0.717, 1.165) is 6.42 Å². The zero-order valence-corrected chi connectivity index (χ0v) is 15.2. The van der Waals surface area contributed by atoms with Gasteiger partial charge in [-0.05, 0) is 25.7 Å². The predicted molar refractivity (Wildman–Crippen MR) is 94.2 cm³/mol. The summed E-state index contributed by atoms with van der Waals surface area (Å²) in [5.74, 6) is 3.84. The lowest BCUT2D eigenvalue weighted by Gasteiger charge is -2.16. The van der Waals surface area contributed by atoms with Crippen molar-refractivity contribution < 1.29 is 8.42 Å². The fourth-order valence-electron chi connectivity index (χ4n) is 1.86. The number of sulfone groups is 1. The Hall–Kier alpha value is -0.490. The molecule has 1 heterocycles. The number of hydrogen-bond donors (Lipinski definition) is 2. The number of nitrogens with one attached hydrogen (secondary N) is 2. The number of hydrogen-bond acceptors (Lipinski definition) is 3. The maximum Gasteiger partial charge on any atom is 0.192 e. The van der Waals surface area contributed by atoms with Crippen LogP contribution >= 0.6 is 24.0 Å². The van der Waals surface area contributed by atoms with E-state index in [9.17, 15) is 8.42 Å². The lowest BCUT2D eigenvalue weighted by molar-refractivity contribution is 0.584. The van der Waals surface area contributed by atoms with Gasteiger partial charge in [0, 0.05) is 12.6 Å². The smallest absolute Gasteiger partial charge is 0.192 e. The molecule has 1 fully saturated rings. The summed E-state index contributed by atoms with van der Waals surface area (Å²) in [5, 5.41) is 6.27. The van der Waals surface area contributed by atoms with Crippen LogP contribution in [0.1, 0.15) is 26.7 Å². The lowest BCUT2D eigenvalue weighted by atomic mass is 10.1. The monoisotopic (exact) mass is 413 g/mol. The van der Waals surface area contributed by atoms with E-state index in [-0.39, 0.29) is 35.6 Å². The summed E-state index contributed by atoms with van der Waals surface area (Å²) in [5.41, 5.74) is 0. The van der Waals surface area contributed by atoms with Gasteiger partial charge in [0.15, 0.2) is 15.8 Å². The highest BCUT2D eigenvalue weighted by molar-refractivity contribution is 14.0. The molecule has 1 saturated heterocycles. The molecular formula is C13H24IN3O2S.